The Morgan fingerprint density at radius 3 is 2.61 bits per heavy atom. The van der Waals surface area contributed by atoms with E-state index in [9.17, 15) is 14.7 Å². The van der Waals surface area contributed by atoms with Gasteiger partial charge in [-0.05, 0) is 73.9 Å². The molecular formula is C25H24ClN3O3S. The normalized spacial score (nSPS) is 16.8. The second-order valence-corrected chi connectivity index (χ2v) is 9.36. The van der Waals surface area contributed by atoms with E-state index in [0.29, 0.717) is 15.6 Å². The number of amides is 1. The van der Waals surface area contributed by atoms with Crippen LogP contribution in [0.1, 0.15) is 39.8 Å². The number of carboxylic acids is 1. The first-order chi connectivity index (χ1) is 15.8. The molecule has 3 N–H and O–H groups in total. The highest BCUT2D eigenvalue weighted by Crippen LogP contribution is 2.33. The highest BCUT2D eigenvalue weighted by Gasteiger charge is 2.27. The Hall–Kier alpha value is -3.16. The van der Waals surface area contributed by atoms with Gasteiger partial charge in [0.15, 0.2) is 5.50 Å². The number of aromatic nitrogens is 1. The minimum Gasteiger partial charge on any atom is -0.478 e. The molecule has 8 heteroatoms. The maximum atomic E-state index is 12.6. The fourth-order valence-electron chi connectivity index (χ4n) is 3.82. The van der Waals surface area contributed by atoms with E-state index < -0.39 is 5.97 Å². The third kappa shape index (κ3) is 4.79. The fourth-order valence-corrected chi connectivity index (χ4v) is 4.99. The number of rotatable bonds is 6. The van der Waals surface area contributed by atoms with Crippen LogP contribution in [0.3, 0.4) is 0 Å². The van der Waals surface area contributed by atoms with E-state index in [0.717, 1.165) is 29.1 Å². The quantitative estimate of drug-likeness (QED) is 0.399. The van der Waals surface area contributed by atoms with Crippen molar-refractivity contribution in [2.24, 2.45) is 0 Å². The lowest BCUT2D eigenvalue weighted by molar-refractivity contribution is -0.116. The predicted octanol–water partition coefficient (Wildman–Crippen LogP) is 5.61. The number of hydrogen-bond acceptors (Lipinski definition) is 4. The first-order valence-electron chi connectivity index (χ1n) is 10.5. The Kier molecular flexibility index (Phi) is 6.54. The Balaban J connectivity index is 1.59. The van der Waals surface area contributed by atoms with Crippen LogP contribution in [0.25, 0.3) is 11.8 Å². The van der Waals surface area contributed by atoms with Crippen LogP contribution < -0.4 is 10.6 Å². The van der Waals surface area contributed by atoms with Gasteiger partial charge in [-0.2, -0.15) is 0 Å². The number of halogens is 1. The molecule has 33 heavy (non-hydrogen) atoms. The number of aromatic carboxylic acids is 1. The van der Waals surface area contributed by atoms with Gasteiger partial charge < -0.3 is 20.3 Å². The van der Waals surface area contributed by atoms with Crippen LogP contribution in [0.2, 0.25) is 5.02 Å². The lowest BCUT2D eigenvalue weighted by Crippen LogP contribution is -2.30. The van der Waals surface area contributed by atoms with Crippen molar-refractivity contribution >= 4 is 47.0 Å². The van der Waals surface area contributed by atoms with E-state index in [1.807, 2.05) is 42.7 Å². The molecule has 0 unspecified atom stereocenters. The molecule has 1 aliphatic rings. The molecule has 6 nitrogen and oxygen atoms in total. The van der Waals surface area contributed by atoms with Crippen molar-refractivity contribution in [2.75, 3.05) is 5.32 Å². The molecule has 1 saturated heterocycles. The van der Waals surface area contributed by atoms with Crippen LogP contribution in [0, 0.1) is 13.8 Å². The van der Waals surface area contributed by atoms with E-state index >= 15 is 0 Å². The Labute approximate surface area is 201 Å². The summed E-state index contributed by atoms with van der Waals surface area (Å²) in [5.41, 5.74) is 5.31. The molecule has 2 heterocycles. The lowest BCUT2D eigenvalue weighted by Gasteiger charge is -2.13. The highest BCUT2D eigenvalue weighted by molar-refractivity contribution is 8.05. The van der Waals surface area contributed by atoms with Gasteiger partial charge in [0.2, 0.25) is 0 Å². The zero-order valence-corrected chi connectivity index (χ0v) is 20.1. The summed E-state index contributed by atoms with van der Waals surface area (Å²) in [6.45, 7) is 5.96. The van der Waals surface area contributed by atoms with Gasteiger partial charge in [0.1, 0.15) is 0 Å². The van der Waals surface area contributed by atoms with Crippen molar-refractivity contribution in [3.63, 3.8) is 0 Å². The van der Waals surface area contributed by atoms with Crippen LogP contribution >= 0.6 is 23.4 Å². The SMILES string of the molecule is CCc1ccc(N[C@@H]2NC(=O)/C(=C/c3cc(C)n(-c4cc(C(=O)O)ccc4Cl)c3C)S2)cc1. The van der Waals surface area contributed by atoms with Crippen LogP contribution in [0.4, 0.5) is 5.69 Å². The van der Waals surface area contributed by atoms with Crippen molar-refractivity contribution in [1.29, 1.82) is 0 Å². The molecule has 0 aliphatic carbocycles. The second-order valence-electron chi connectivity index (χ2n) is 7.81. The average Bonchev–Trinajstić information content (AvgIpc) is 3.26. The van der Waals surface area contributed by atoms with Crippen molar-refractivity contribution < 1.29 is 14.7 Å². The summed E-state index contributed by atoms with van der Waals surface area (Å²) in [6.07, 6.45) is 2.84. The summed E-state index contributed by atoms with van der Waals surface area (Å²) in [5, 5.41) is 16.1. The van der Waals surface area contributed by atoms with Crippen LogP contribution in [-0.4, -0.2) is 27.0 Å². The van der Waals surface area contributed by atoms with Crippen molar-refractivity contribution in [3.05, 3.63) is 86.5 Å². The van der Waals surface area contributed by atoms with Gasteiger partial charge in [0, 0.05) is 17.1 Å². The van der Waals surface area contributed by atoms with E-state index in [1.54, 1.807) is 12.1 Å². The highest BCUT2D eigenvalue weighted by atomic mass is 35.5. The summed E-state index contributed by atoms with van der Waals surface area (Å²) in [6, 6.07) is 14.7. The number of nitrogens with zero attached hydrogens (tertiary/aromatic N) is 1. The molecule has 0 radical (unpaired) electrons. The molecule has 1 atom stereocenters. The van der Waals surface area contributed by atoms with Gasteiger partial charge >= 0.3 is 5.97 Å². The van der Waals surface area contributed by atoms with Crippen molar-refractivity contribution in [2.45, 2.75) is 32.7 Å². The van der Waals surface area contributed by atoms with E-state index in [2.05, 4.69) is 29.7 Å². The average molecular weight is 482 g/mol. The maximum Gasteiger partial charge on any atom is 0.335 e. The molecule has 1 fully saturated rings. The molecule has 1 amide bonds. The number of thioether (sulfide) groups is 1. The summed E-state index contributed by atoms with van der Waals surface area (Å²) in [5.74, 6) is -1.15. The third-order valence-corrected chi connectivity index (χ3v) is 6.93. The van der Waals surface area contributed by atoms with Gasteiger partial charge in [-0.15, -0.1) is 0 Å². The smallest absolute Gasteiger partial charge is 0.335 e. The molecule has 4 rings (SSSR count). The number of carbonyl (C=O) groups is 2. The standard InChI is InChI=1S/C25H24ClN3O3S/c1-4-16-5-8-19(9-6-16)27-25-28-23(30)22(33-25)13-18-11-14(2)29(15(18)3)21-12-17(24(31)32)7-10-20(21)26/h5-13,25,27H,4H2,1-3H3,(H,28,30)(H,31,32)/b22-13-/t25-/m1/s1. The summed E-state index contributed by atoms with van der Waals surface area (Å²) >= 11 is 7.82. The molecule has 1 aromatic heterocycles. The van der Waals surface area contributed by atoms with Gasteiger partial charge in [-0.1, -0.05) is 42.4 Å². The number of anilines is 1. The Morgan fingerprint density at radius 1 is 1.21 bits per heavy atom. The first kappa shape index (κ1) is 23.0. The fraction of sp³-hybridized carbons (Fsp3) is 0.200. The number of carbonyl (C=O) groups excluding carboxylic acids is 1. The number of nitrogens with one attached hydrogen (secondary N) is 2. The molecule has 0 saturated carbocycles. The molecule has 2 aromatic carbocycles. The minimum atomic E-state index is -1.01. The molecule has 3 aromatic rings. The first-order valence-corrected chi connectivity index (χ1v) is 11.8. The minimum absolute atomic E-state index is 0.140. The van der Waals surface area contributed by atoms with Gasteiger partial charge in [0.05, 0.1) is 21.2 Å². The zero-order valence-electron chi connectivity index (χ0n) is 18.5. The predicted molar refractivity (Wildman–Crippen MR) is 134 cm³/mol. The second kappa shape index (κ2) is 9.37. The lowest BCUT2D eigenvalue weighted by atomic mass is 10.1. The Bertz CT molecular complexity index is 1260. The zero-order chi connectivity index (χ0) is 23.7. The van der Waals surface area contributed by atoms with Crippen LogP contribution in [-0.2, 0) is 11.2 Å². The third-order valence-electron chi connectivity index (χ3n) is 5.58. The van der Waals surface area contributed by atoms with Crippen molar-refractivity contribution in [1.82, 2.24) is 9.88 Å². The largest absolute Gasteiger partial charge is 0.478 e. The monoisotopic (exact) mass is 481 g/mol. The van der Waals surface area contributed by atoms with Crippen molar-refractivity contribution in [3.8, 4) is 5.69 Å². The van der Waals surface area contributed by atoms with Gasteiger partial charge in [-0.25, -0.2) is 4.79 Å². The van der Waals surface area contributed by atoms with Crippen LogP contribution in [0.15, 0.2) is 53.4 Å². The van der Waals surface area contributed by atoms with E-state index in [4.69, 9.17) is 11.6 Å². The maximum absolute atomic E-state index is 12.6. The van der Waals surface area contributed by atoms with Gasteiger partial charge in [-0.3, -0.25) is 4.79 Å². The molecule has 1 aliphatic heterocycles. The topological polar surface area (TPSA) is 83.4 Å². The van der Waals surface area contributed by atoms with Crippen LogP contribution in [0.5, 0.6) is 0 Å². The summed E-state index contributed by atoms with van der Waals surface area (Å²) in [4.78, 5) is 24.6. The molecule has 0 spiro atoms. The summed E-state index contributed by atoms with van der Waals surface area (Å²) in [7, 11) is 0. The molecule has 0 bridgehead atoms. The number of aryl methyl sites for hydroxylation is 2. The Morgan fingerprint density at radius 2 is 1.94 bits per heavy atom. The number of benzene rings is 2. The molecular weight excluding hydrogens is 458 g/mol. The van der Waals surface area contributed by atoms with E-state index in [-0.39, 0.29) is 17.0 Å². The van der Waals surface area contributed by atoms with Gasteiger partial charge in [0.25, 0.3) is 5.91 Å². The van der Waals surface area contributed by atoms with E-state index in [1.165, 1.54) is 23.4 Å². The summed E-state index contributed by atoms with van der Waals surface area (Å²) < 4.78 is 1.91. The molecule has 170 valence electrons. The number of hydrogen-bond donors (Lipinski definition) is 3. The number of carboxylic acid groups (broad SMARTS) is 1.